The van der Waals surface area contributed by atoms with E-state index in [1.54, 1.807) is 14.0 Å². The minimum atomic E-state index is -0.222. The largest absolute Gasteiger partial charge is 0.383 e. The van der Waals surface area contributed by atoms with Gasteiger partial charge >= 0.3 is 0 Å². The van der Waals surface area contributed by atoms with Crippen LogP contribution in [0.1, 0.15) is 19.8 Å². The predicted octanol–water partition coefficient (Wildman–Crippen LogP) is 0.0309. The number of hydrogen-bond donors (Lipinski definition) is 2. The van der Waals surface area contributed by atoms with Crippen LogP contribution in [0.2, 0.25) is 0 Å². The van der Waals surface area contributed by atoms with Crippen molar-refractivity contribution in [2.45, 2.75) is 25.8 Å². The van der Waals surface area contributed by atoms with E-state index in [1.807, 2.05) is 0 Å². The summed E-state index contributed by atoms with van der Waals surface area (Å²) in [7, 11) is 1.59. The third kappa shape index (κ3) is 7.91. The monoisotopic (exact) mass is 213 g/mol. The second-order valence-corrected chi connectivity index (χ2v) is 3.22. The number of carbonyl (C=O) groups excluding carboxylic acids is 1. The van der Waals surface area contributed by atoms with E-state index in [4.69, 9.17) is 10.00 Å². The first-order chi connectivity index (χ1) is 7.22. The van der Waals surface area contributed by atoms with Crippen molar-refractivity contribution >= 4 is 5.91 Å². The maximum Gasteiger partial charge on any atom is 0.236 e. The fourth-order valence-corrected chi connectivity index (χ4v) is 1.01. The third-order valence-corrected chi connectivity index (χ3v) is 1.91. The van der Waals surface area contributed by atoms with Crippen LogP contribution in [0.25, 0.3) is 0 Å². The quantitative estimate of drug-likeness (QED) is 0.558. The molecule has 0 aromatic carbocycles. The number of carbonyl (C=O) groups is 1. The summed E-state index contributed by atoms with van der Waals surface area (Å²) < 4.78 is 4.81. The van der Waals surface area contributed by atoms with Crippen LogP contribution < -0.4 is 10.6 Å². The normalized spacial score (nSPS) is 11.8. The molecule has 0 aliphatic carbocycles. The fraction of sp³-hybridized carbons (Fsp3) is 0.800. The van der Waals surface area contributed by atoms with Crippen molar-refractivity contribution in [1.29, 1.82) is 5.26 Å². The number of methoxy groups -OCH3 is 1. The summed E-state index contributed by atoms with van der Waals surface area (Å²) in [6, 6.07) is 1.83. The highest BCUT2D eigenvalue weighted by Crippen LogP contribution is 1.87. The maximum absolute atomic E-state index is 11.4. The molecule has 0 saturated carbocycles. The Bertz CT molecular complexity index is 213. The lowest BCUT2D eigenvalue weighted by Gasteiger charge is -2.13. The first-order valence-corrected chi connectivity index (χ1v) is 5.09. The van der Waals surface area contributed by atoms with Crippen molar-refractivity contribution in [2.75, 3.05) is 26.8 Å². The molecule has 0 radical (unpaired) electrons. The minimum Gasteiger partial charge on any atom is -0.383 e. The second-order valence-electron chi connectivity index (χ2n) is 3.22. The van der Waals surface area contributed by atoms with E-state index in [0.717, 1.165) is 6.42 Å². The van der Waals surface area contributed by atoms with E-state index < -0.39 is 0 Å². The highest BCUT2D eigenvalue weighted by atomic mass is 16.5. The number of hydrogen-bond acceptors (Lipinski definition) is 4. The van der Waals surface area contributed by atoms with Gasteiger partial charge in [0.15, 0.2) is 0 Å². The zero-order valence-electron chi connectivity index (χ0n) is 9.38. The molecule has 0 heterocycles. The lowest BCUT2D eigenvalue weighted by Crippen LogP contribution is -2.43. The maximum atomic E-state index is 11.4. The first kappa shape index (κ1) is 13.9. The van der Waals surface area contributed by atoms with Crippen LogP contribution in [0, 0.1) is 11.3 Å². The van der Waals surface area contributed by atoms with Gasteiger partial charge in [-0.15, -0.1) is 0 Å². The van der Waals surface area contributed by atoms with E-state index in [9.17, 15) is 4.79 Å². The Hall–Kier alpha value is -1.12. The molecule has 1 atom stereocenters. The van der Waals surface area contributed by atoms with Gasteiger partial charge < -0.3 is 15.4 Å². The number of unbranched alkanes of at least 4 members (excludes halogenated alkanes) is 1. The fourth-order valence-electron chi connectivity index (χ4n) is 1.01. The SMILES string of the molecule is COCCNC(=O)C(C)NCCCC#N. The van der Waals surface area contributed by atoms with Crippen LogP contribution in [0.15, 0.2) is 0 Å². The number of nitrogens with zero attached hydrogens (tertiary/aromatic N) is 1. The molecule has 0 saturated heterocycles. The molecule has 5 nitrogen and oxygen atoms in total. The van der Waals surface area contributed by atoms with Crippen LogP contribution in [0.3, 0.4) is 0 Å². The summed E-state index contributed by atoms with van der Waals surface area (Å²) in [5.41, 5.74) is 0. The van der Waals surface area contributed by atoms with Crippen LogP contribution in [0.5, 0.6) is 0 Å². The van der Waals surface area contributed by atoms with E-state index in [-0.39, 0.29) is 11.9 Å². The average Bonchev–Trinajstić information content (AvgIpc) is 2.24. The summed E-state index contributed by atoms with van der Waals surface area (Å²) >= 11 is 0. The summed E-state index contributed by atoms with van der Waals surface area (Å²) in [4.78, 5) is 11.4. The highest BCUT2D eigenvalue weighted by Gasteiger charge is 2.10. The van der Waals surface area contributed by atoms with Gasteiger partial charge in [-0.05, 0) is 19.9 Å². The smallest absolute Gasteiger partial charge is 0.236 e. The Morgan fingerprint density at radius 3 is 2.87 bits per heavy atom. The Morgan fingerprint density at radius 1 is 1.53 bits per heavy atom. The van der Waals surface area contributed by atoms with E-state index in [0.29, 0.717) is 26.1 Å². The van der Waals surface area contributed by atoms with E-state index in [1.165, 1.54) is 0 Å². The number of nitriles is 1. The third-order valence-electron chi connectivity index (χ3n) is 1.91. The number of amides is 1. The van der Waals surface area contributed by atoms with Gasteiger partial charge in [0.1, 0.15) is 0 Å². The van der Waals surface area contributed by atoms with Crippen LogP contribution >= 0.6 is 0 Å². The molecule has 86 valence electrons. The number of nitrogens with one attached hydrogen (secondary N) is 2. The van der Waals surface area contributed by atoms with Crippen molar-refractivity contribution in [2.24, 2.45) is 0 Å². The summed E-state index contributed by atoms with van der Waals surface area (Å²) in [5.74, 6) is -0.0380. The molecule has 1 amide bonds. The zero-order chi connectivity index (χ0) is 11.5. The molecule has 0 bridgehead atoms. The lowest BCUT2D eigenvalue weighted by molar-refractivity contribution is -0.122. The van der Waals surface area contributed by atoms with E-state index >= 15 is 0 Å². The first-order valence-electron chi connectivity index (χ1n) is 5.09. The van der Waals surface area contributed by atoms with Gasteiger partial charge in [0.25, 0.3) is 0 Å². The zero-order valence-corrected chi connectivity index (χ0v) is 9.38. The molecule has 15 heavy (non-hydrogen) atoms. The molecule has 0 aliphatic rings. The summed E-state index contributed by atoms with van der Waals surface area (Å²) in [5, 5.41) is 14.1. The molecule has 0 spiro atoms. The van der Waals surface area contributed by atoms with Gasteiger partial charge in [-0.25, -0.2) is 0 Å². The Balaban J connectivity index is 3.47. The van der Waals surface area contributed by atoms with Gasteiger partial charge in [-0.2, -0.15) is 5.26 Å². The van der Waals surface area contributed by atoms with Gasteiger partial charge in [0.05, 0.1) is 18.7 Å². The van der Waals surface area contributed by atoms with Gasteiger partial charge in [0, 0.05) is 20.1 Å². The molecule has 0 aliphatic heterocycles. The Kier molecular flexibility index (Phi) is 8.73. The van der Waals surface area contributed by atoms with Crippen molar-refractivity contribution < 1.29 is 9.53 Å². The molecular formula is C10H19N3O2. The Labute approximate surface area is 90.8 Å². The van der Waals surface area contributed by atoms with Crippen molar-refractivity contribution in [1.82, 2.24) is 10.6 Å². The molecule has 0 aromatic heterocycles. The average molecular weight is 213 g/mol. The molecular weight excluding hydrogens is 194 g/mol. The summed E-state index contributed by atoms with van der Waals surface area (Å²) in [6.45, 7) is 3.54. The lowest BCUT2D eigenvalue weighted by atomic mass is 10.2. The second kappa shape index (κ2) is 9.44. The van der Waals surface area contributed by atoms with E-state index in [2.05, 4.69) is 16.7 Å². The minimum absolute atomic E-state index is 0.0380. The van der Waals surface area contributed by atoms with Gasteiger partial charge in [0.2, 0.25) is 5.91 Å². The van der Waals surface area contributed by atoms with Crippen molar-refractivity contribution in [3.8, 4) is 6.07 Å². The Morgan fingerprint density at radius 2 is 2.27 bits per heavy atom. The summed E-state index contributed by atoms with van der Waals surface area (Å²) in [6.07, 6.45) is 1.29. The van der Waals surface area contributed by atoms with Crippen molar-refractivity contribution in [3.63, 3.8) is 0 Å². The number of ether oxygens (including phenoxy) is 1. The van der Waals surface area contributed by atoms with Gasteiger partial charge in [-0.3, -0.25) is 4.79 Å². The molecule has 0 aromatic rings. The molecule has 0 fully saturated rings. The predicted molar refractivity (Wildman–Crippen MR) is 57.2 cm³/mol. The van der Waals surface area contributed by atoms with Crippen LogP contribution in [0.4, 0.5) is 0 Å². The molecule has 0 rings (SSSR count). The van der Waals surface area contributed by atoms with Crippen molar-refractivity contribution in [3.05, 3.63) is 0 Å². The standard InChI is InChI=1S/C10H19N3O2/c1-9(12-6-4-3-5-11)10(14)13-7-8-15-2/h9,12H,3-4,6-8H2,1-2H3,(H,13,14). The number of rotatable bonds is 8. The topological polar surface area (TPSA) is 74.2 Å². The van der Waals surface area contributed by atoms with Gasteiger partial charge in [-0.1, -0.05) is 0 Å². The molecule has 5 heteroatoms. The molecule has 2 N–H and O–H groups in total. The highest BCUT2D eigenvalue weighted by molar-refractivity contribution is 5.81. The van der Waals surface area contributed by atoms with Crippen LogP contribution in [-0.4, -0.2) is 38.8 Å². The van der Waals surface area contributed by atoms with Crippen LogP contribution in [-0.2, 0) is 9.53 Å². The molecule has 1 unspecified atom stereocenters.